The van der Waals surface area contributed by atoms with Crippen LogP contribution in [0.3, 0.4) is 0 Å². The smallest absolute Gasteiger partial charge is 0.258 e. The number of rotatable bonds is 2. The zero-order chi connectivity index (χ0) is 12.6. The molecule has 0 radical (unpaired) electrons. The highest BCUT2D eigenvalue weighted by atomic mass is 79.9. The molecule has 1 aromatic carbocycles. The standard InChI is InChI=1S/C6HBrN6O4/c7-4-3(12(14)15)1-2-5(6(4)13(16)17)9-11-10-8-2/h1H. The predicted octanol–water partition coefficient (Wildman–Crippen LogP) is 0.999. The van der Waals surface area contributed by atoms with Crippen molar-refractivity contribution in [1.82, 2.24) is 20.6 Å². The van der Waals surface area contributed by atoms with E-state index in [0.717, 1.165) is 6.07 Å². The molecular formula is C6HBrN6O4. The van der Waals surface area contributed by atoms with Gasteiger partial charge in [-0.05, 0) is 26.4 Å². The minimum Gasteiger partial charge on any atom is -0.258 e. The number of nitro benzene ring substituents is 2. The van der Waals surface area contributed by atoms with Gasteiger partial charge in [-0.25, -0.2) is 0 Å². The van der Waals surface area contributed by atoms with Crippen molar-refractivity contribution in [3.05, 3.63) is 30.8 Å². The molecule has 0 bridgehead atoms. The second-order valence-corrected chi connectivity index (χ2v) is 3.61. The molecule has 2 rings (SSSR count). The summed E-state index contributed by atoms with van der Waals surface area (Å²) in [5.41, 5.74) is -1.27. The van der Waals surface area contributed by atoms with Crippen molar-refractivity contribution in [2.75, 3.05) is 0 Å². The zero-order valence-electron chi connectivity index (χ0n) is 7.77. The summed E-state index contributed by atoms with van der Waals surface area (Å²) in [5, 5.41) is 34.8. The number of benzene rings is 1. The maximum absolute atomic E-state index is 10.8. The van der Waals surface area contributed by atoms with E-state index in [2.05, 4.69) is 36.6 Å². The van der Waals surface area contributed by atoms with E-state index in [1.807, 2.05) is 0 Å². The quantitative estimate of drug-likeness (QED) is 0.591. The normalized spacial score (nSPS) is 10.4. The van der Waals surface area contributed by atoms with Crippen LogP contribution in [0.2, 0.25) is 0 Å². The predicted molar refractivity (Wildman–Crippen MR) is 56.1 cm³/mol. The van der Waals surface area contributed by atoms with E-state index < -0.39 is 21.2 Å². The third kappa shape index (κ3) is 1.75. The van der Waals surface area contributed by atoms with Crippen molar-refractivity contribution in [3.8, 4) is 0 Å². The average molecular weight is 301 g/mol. The van der Waals surface area contributed by atoms with Gasteiger partial charge in [0.15, 0.2) is 9.99 Å². The summed E-state index contributed by atoms with van der Waals surface area (Å²) in [4.78, 5) is 20.0. The van der Waals surface area contributed by atoms with Crippen LogP contribution in [-0.2, 0) is 0 Å². The summed E-state index contributed by atoms with van der Waals surface area (Å²) in [7, 11) is 0. The molecule has 17 heavy (non-hydrogen) atoms. The number of aromatic nitrogens is 4. The first-order valence-electron chi connectivity index (χ1n) is 3.99. The Morgan fingerprint density at radius 1 is 1.12 bits per heavy atom. The number of hydrogen-bond donors (Lipinski definition) is 0. The number of fused-ring (bicyclic) bond motifs is 1. The molecule has 86 valence electrons. The molecule has 2 aromatic rings. The molecule has 0 N–H and O–H groups in total. The van der Waals surface area contributed by atoms with Crippen LogP contribution >= 0.6 is 15.9 Å². The number of hydrogen-bond acceptors (Lipinski definition) is 8. The number of nitrogens with zero attached hydrogens (tertiary/aromatic N) is 6. The molecule has 0 aliphatic rings. The van der Waals surface area contributed by atoms with Crippen LogP contribution in [0.4, 0.5) is 11.4 Å². The molecule has 0 atom stereocenters. The van der Waals surface area contributed by atoms with Crippen molar-refractivity contribution in [1.29, 1.82) is 0 Å². The summed E-state index contributed by atoms with van der Waals surface area (Å²) < 4.78 is -0.276. The molecule has 1 heterocycles. The Morgan fingerprint density at radius 3 is 2.35 bits per heavy atom. The minimum absolute atomic E-state index is 0.0680. The van der Waals surface area contributed by atoms with Gasteiger partial charge < -0.3 is 0 Å². The van der Waals surface area contributed by atoms with Crippen LogP contribution in [0.1, 0.15) is 0 Å². The van der Waals surface area contributed by atoms with Crippen LogP contribution in [-0.4, -0.2) is 30.5 Å². The summed E-state index contributed by atoms with van der Waals surface area (Å²) in [6.45, 7) is 0. The average Bonchev–Trinajstić information content (AvgIpc) is 2.27. The Kier molecular flexibility index (Phi) is 2.59. The zero-order valence-corrected chi connectivity index (χ0v) is 9.36. The van der Waals surface area contributed by atoms with E-state index in [-0.39, 0.29) is 15.5 Å². The lowest BCUT2D eigenvalue weighted by Crippen LogP contribution is -2.01. The van der Waals surface area contributed by atoms with Crippen LogP contribution in [0, 0.1) is 20.2 Å². The van der Waals surface area contributed by atoms with E-state index in [1.54, 1.807) is 0 Å². The monoisotopic (exact) mass is 300 g/mol. The molecule has 0 saturated heterocycles. The van der Waals surface area contributed by atoms with Gasteiger partial charge in [0.05, 0.1) is 9.85 Å². The first-order valence-corrected chi connectivity index (χ1v) is 4.78. The van der Waals surface area contributed by atoms with Gasteiger partial charge in [0.25, 0.3) is 5.69 Å². The van der Waals surface area contributed by atoms with Crippen molar-refractivity contribution >= 4 is 38.3 Å². The molecule has 0 spiro atoms. The Morgan fingerprint density at radius 2 is 1.76 bits per heavy atom. The van der Waals surface area contributed by atoms with Gasteiger partial charge >= 0.3 is 5.69 Å². The Balaban J connectivity index is 2.95. The van der Waals surface area contributed by atoms with Gasteiger partial charge in [-0.15, -0.1) is 10.2 Å². The lowest BCUT2D eigenvalue weighted by atomic mass is 10.2. The number of halogens is 1. The molecule has 0 aliphatic heterocycles. The Hall–Kier alpha value is -2.30. The molecule has 0 amide bonds. The fraction of sp³-hybridized carbons (Fsp3) is 0. The largest absolute Gasteiger partial charge is 0.320 e. The van der Waals surface area contributed by atoms with Gasteiger partial charge in [-0.2, -0.15) is 0 Å². The lowest BCUT2D eigenvalue weighted by Gasteiger charge is -1.99. The van der Waals surface area contributed by atoms with Crippen molar-refractivity contribution in [3.63, 3.8) is 0 Å². The third-order valence-electron chi connectivity index (χ3n) is 1.89. The van der Waals surface area contributed by atoms with Gasteiger partial charge in [0.2, 0.25) is 0 Å². The van der Waals surface area contributed by atoms with Crippen molar-refractivity contribution in [2.24, 2.45) is 0 Å². The van der Waals surface area contributed by atoms with Crippen LogP contribution in [0.15, 0.2) is 10.5 Å². The van der Waals surface area contributed by atoms with E-state index >= 15 is 0 Å². The molecule has 1 aromatic heterocycles. The fourth-order valence-electron chi connectivity index (χ4n) is 1.21. The van der Waals surface area contributed by atoms with E-state index in [4.69, 9.17) is 0 Å². The minimum atomic E-state index is -0.796. The molecule has 0 saturated carbocycles. The van der Waals surface area contributed by atoms with Crippen molar-refractivity contribution < 1.29 is 9.85 Å². The van der Waals surface area contributed by atoms with E-state index in [0.29, 0.717) is 0 Å². The van der Waals surface area contributed by atoms with Gasteiger partial charge in [-0.1, -0.05) is 0 Å². The summed E-state index contributed by atoms with van der Waals surface area (Å²) >= 11 is 2.80. The van der Waals surface area contributed by atoms with Crippen LogP contribution < -0.4 is 0 Å². The highest BCUT2D eigenvalue weighted by Crippen LogP contribution is 2.38. The topological polar surface area (TPSA) is 138 Å². The van der Waals surface area contributed by atoms with E-state index in [1.165, 1.54) is 0 Å². The first kappa shape index (κ1) is 11.2. The molecule has 10 nitrogen and oxygen atoms in total. The van der Waals surface area contributed by atoms with Gasteiger partial charge in [0, 0.05) is 6.07 Å². The maximum Gasteiger partial charge on any atom is 0.320 e. The summed E-state index contributed by atoms with van der Waals surface area (Å²) in [6, 6.07) is 1.04. The molecule has 11 heteroatoms. The molecule has 0 unspecified atom stereocenters. The summed E-state index contributed by atoms with van der Waals surface area (Å²) in [5.74, 6) is 0. The van der Waals surface area contributed by atoms with Crippen LogP contribution in [0.25, 0.3) is 11.0 Å². The van der Waals surface area contributed by atoms with Gasteiger partial charge in [0.1, 0.15) is 5.52 Å². The second kappa shape index (κ2) is 3.93. The first-order chi connectivity index (χ1) is 8.02. The molecular weight excluding hydrogens is 300 g/mol. The second-order valence-electron chi connectivity index (χ2n) is 2.82. The Labute approximate surface area is 100 Å². The maximum atomic E-state index is 10.8. The van der Waals surface area contributed by atoms with E-state index in [9.17, 15) is 20.2 Å². The van der Waals surface area contributed by atoms with Crippen molar-refractivity contribution in [2.45, 2.75) is 0 Å². The van der Waals surface area contributed by atoms with Gasteiger partial charge in [-0.3, -0.25) is 20.2 Å². The summed E-state index contributed by atoms with van der Waals surface area (Å²) in [6.07, 6.45) is 0. The number of nitro groups is 2. The Bertz CT molecular complexity index is 646. The highest BCUT2D eigenvalue weighted by Gasteiger charge is 2.29. The van der Waals surface area contributed by atoms with Crippen LogP contribution in [0.5, 0.6) is 0 Å². The SMILES string of the molecule is O=[N+]([O-])c1cc2nnnnc2c([N+](=O)[O-])c1Br. The molecule has 0 aliphatic carbocycles. The third-order valence-corrected chi connectivity index (χ3v) is 2.67. The lowest BCUT2D eigenvalue weighted by molar-refractivity contribution is -0.394. The highest BCUT2D eigenvalue weighted by molar-refractivity contribution is 9.10. The molecule has 0 fully saturated rings. The fourth-order valence-corrected chi connectivity index (χ4v) is 1.81.